The first kappa shape index (κ1) is 20.9. The first-order valence-corrected chi connectivity index (χ1v) is 8.57. The molecule has 1 aliphatic rings. The van der Waals surface area contributed by atoms with E-state index >= 15 is 0 Å². The standard InChI is InChI=1S/C16H21BrFN3O2.ClH/c17-12-6-5-11(10-13(12)18)16(23)21-9-2-1-4-14(21)15(22)20-8-3-7-19;/h5-6,10,14H,1-4,7-9,19H2,(H,20,22);1H. The third-order valence-electron chi connectivity index (χ3n) is 3.91. The van der Waals surface area contributed by atoms with Crippen molar-refractivity contribution in [3.8, 4) is 0 Å². The maximum atomic E-state index is 13.7. The topological polar surface area (TPSA) is 75.4 Å². The lowest BCUT2D eigenvalue weighted by Crippen LogP contribution is -2.52. The Labute approximate surface area is 155 Å². The van der Waals surface area contributed by atoms with Crippen LogP contribution in [-0.2, 0) is 4.79 Å². The van der Waals surface area contributed by atoms with Gasteiger partial charge in [0.2, 0.25) is 5.91 Å². The number of piperidine rings is 1. The van der Waals surface area contributed by atoms with Gasteiger partial charge in [0.1, 0.15) is 11.9 Å². The molecule has 1 fully saturated rings. The Morgan fingerprint density at radius 2 is 2.12 bits per heavy atom. The number of carbonyl (C=O) groups excluding carboxylic acids is 2. The molecule has 1 aromatic carbocycles. The van der Waals surface area contributed by atoms with Gasteiger partial charge in [-0.2, -0.15) is 0 Å². The van der Waals surface area contributed by atoms with Crippen LogP contribution < -0.4 is 11.1 Å². The van der Waals surface area contributed by atoms with E-state index in [9.17, 15) is 14.0 Å². The molecule has 1 heterocycles. The van der Waals surface area contributed by atoms with E-state index in [1.54, 1.807) is 11.0 Å². The van der Waals surface area contributed by atoms with Gasteiger partial charge in [-0.15, -0.1) is 12.4 Å². The number of likely N-dealkylation sites (tertiary alicyclic amines) is 1. The molecule has 134 valence electrons. The van der Waals surface area contributed by atoms with Gasteiger partial charge in [0.25, 0.3) is 5.91 Å². The van der Waals surface area contributed by atoms with Crippen LogP contribution in [-0.4, -0.2) is 42.4 Å². The van der Waals surface area contributed by atoms with Crippen molar-refractivity contribution < 1.29 is 14.0 Å². The predicted molar refractivity (Wildman–Crippen MR) is 96.7 cm³/mol. The minimum Gasteiger partial charge on any atom is -0.354 e. The fourth-order valence-corrected chi connectivity index (χ4v) is 2.92. The van der Waals surface area contributed by atoms with Crippen LogP contribution in [0.1, 0.15) is 36.0 Å². The van der Waals surface area contributed by atoms with Gasteiger partial charge in [-0.3, -0.25) is 9.59 Å². The average molecular weight is 423 g/mol. The zero-order chi connectivity index (χ0) is 16.8. The highest BCUT2D eigenvalue weighted by Crippen LogP contribution is 2.22. The summed E-state index contributed by atoms with van der Waals surface area (Å²) in [5.74, 6) is -0.962. The molecule has 0 aromatic heterocycles. The Balaban J connectivity index is 0.00000288. The molecular formula is C16H22BrClFN3O2. The van der Waals surface area contributed by atoms with Crippen molar-refractivity contribution in [1.29, 1.82) is 0 Å². The summed E-state index contributed by atoms with van der Waals surface area (Å²) >= 11 is 3.07. The molecule has 1 atom stereocenters. The Morgan fingerprint density at radius 1 is 1.38 bits per heavy atom. The van der Waals surface area contributed by atoms with Crippen molar-refractivity contribution >= 4 is 40.2 Å². The molecule has 1 aromatic rings. The molecule has 0 saturated carbocycles. The van der Waals surface area contributed by atoms with Crippen LogP contribution in [0.4, 0.5) is 4.39 Å². The molecule has 2 rings (SSSR count). The molecule has 2 amide bonds. The first-order valence-electron chi connectivity index (χ1n) is 7.78. The lowest BCUT2D eigenvalue weighted by atomic mass is 10.00. The summed E-state index contributed by atoms with van der Waals surface area (Å²) in [5, 5.41) is 2.82. The minimum absolute atomic E-state index is 0. The highest BCUT2D eigenvalue weighted by molar-refractivity contribution is 9.10. The van der Waals surface area contributed by atoms with E-state index in [1.807, 2.05) is 0 Å². The van der Waals surface area contributed by atoms with E-state index in [4.69, 9.17) is 5.73 Å². The van der Waals surface area contributed by atoms with E-state index in [2.05, 4.69) is 21.2 Å². The summed E-state index contributed by atoms with van der Waals surface area (Å²) in [6.07, 6.45) is 3.06. The average Bonchev–Trinajstić information content (AvgIpc) is 2.57. The van der Waals surface area contributed by atoms with Crippen molar-refractivity contribution in [3.05, 3.63) is 34.1 Å². The number of carbonyl (C=O) groups is 2. The van der Waals surface area contributed by atoms with E-state index < -0.39 is 11.9 Å². The second kappa shape index (κ2) is 9.96. The lowest BCUT2D eigenvalue weighted by Gasteiger charge is -2.34. The molecule has 1 aliphatic heterocycles. The Hall–Kier alpha value is -1.18. The van der Waals surface area contributed by atoms with Crippen molar-refractivity contribution in [2.45, 2.75) is 31.7 Å². The predicted octanol–water partition coefficient (Wildman–Crippen LogP) is 2.47. The number of nitrogens with zero attached hydrogens (tertiary/aromatic N) is 1. The molecule has 5 nitrogen and oxygen atoms in total. The largest absolute Gasteiger partial charge is 0.354 e. The Kier molecular flexibility index (Phi) is 8.66. The molecule has 24 heavy (non-hydrogen) atoms. The van der Waals surface area contributed by atoms with Crippen molar-refractivity contribution in [1.82, 2.24) is 10.2 Å². The molecule has 0 aliphatic carbocycles. The second-order valence-electron chi connectivity index (χ2n) is 5.57. The number of hydrogen-bond donors (Lipinski definition) is 2. The van der Waals surface area contributed by atoms with Crippen molar-refractivity contribution in [2.24, 2.45) is 5.73 Å². The summed E-state index contributed by atoms with van der Waals surface area (Å²) in [5.41, 5.74) is 5.67. The van der Waals surface area contributed by atoms with Gasteiger partial charge in [-0.25, -0.2) is 4.39 Å². The van der Waals surface area contributed by atoms with Gasteiger partial charge in [0.05, 0.1) is 4.47 Å². The van der Waals surface area contributed by atoms with Crippen LogP contribution >= 0.6 is 28.3 Å². The monoisotopic (exact) mass is 421 g/mol. The quantitative estimate of drug-likeness (QED) is 0.716. The fourth-order valence-electron chi connectivity index (χ4n) is 2.67. The van der Waals surface area contributed by atoms with Crippen LogP contribution in [0.2, 0.25) is 0 Å². The SMILES string of the molecule is Cl.NCCCNC(=O)C1CCCCN1C(=O)c1ccc(Br)c(F)c1. The van der Waals surface area contributed by atoms with Crippen molar-refractivity contribution in [3.63, 3.8) is 0 Å². The highest BCUT2D eigenvalue weighted by atomic mass is 79.9. The molecule has 1 saturated heterocycles. The number of amides is 2. The van der Waals surface area contributed by atoms with Gasteiger partial charge < -0.3 is 16.0 Å². The number of rotatable bonds is 5. The van der Waals surface area contributed by atoms with E-state index in [-0.39, 0.29) is 29.8 Å². The van der Waals surface area contributed by atoms with Crippen molar-refractivity contribution in [2.75, 3.05) is 19.6 Å². The van der Waals surface area contributed by atoms with Gasteiger partial charge in [-0.05, 0) is 66.4 Å². The third-order valence-corrected chi connectivity index (χ3v) is 4.56. The molecular weight excluding hydrogens is 401 g/mol. The van der Waals surface area contributed by atoms with Gasteiger partial charge in [0, 0.05) is 18.7 Å². The molecule has 0 spiro atoms. The molecule has 8 heteroatoms. The zero-order valence-corrected chi connectivity index (χ0v) is 15.7. The summed E-state index contributed by atoms with van der Waals surface area (Å²) in [7, 11) is 0. The zero-order valence-electron chi connectivity index (χ0n) is 13.3. The molecule has 3 N–H and O–H groups in total. The number of nitrogens with two attached hydrogens (primary N) is 1. The first-order chi connectivity index (χ1) is 11.0. The summed E-state index contributed by atoms with van der Waals surface area (Å²) in [6, 6.07) is 3.77. The summed E-state index contributed by atoms with van der Waals surface area (Å²) in [6.45, 7) is 1.51. The van der Waals surface area contributed by atoms with Crippen LogP contribution in [0.5, 0.6) is 0 Å². The van der Waals surface area contributed by atoms with Gasteiger partial charge >= 0.3 is 0 Å². The second-order valence-corrected chi connectivity index (χ2v) is 6.43. The summed E-state index contributed by atoms with van der Waals surface area (Å²) < 4.78 is 14.0. The maximum Gasteiger partial charge on any atom is 0.254 e. The smallest absolute Gasteiger partial charge is 0.254 e. The highest BCUT2D eigenvalue weighted by Gasteiger charge is 2.32. The van der Waals surface area contributed by atoms with Crippen LogP contribution in [0.15, 0.2) is 22.7 Å². The van der Waals surface area contributed by atoms with Crippen LogP contribution in [0.25, 0.3) is 0 Å². The number of nitrogens with one attached hydrogen (secondary N) is 1. The molecule has 0 radical (unpaired) electrons. The van der Waals surface area contributed by atoms with Crippen LogP contribution in [0, 0.1) is 5.82 Å². The number of hydrogen-bond acceptors (Lipinski definition) is 3. The van der Waals surface area contributed by atoms with Gasteiger partial charge in [0.15, 0.2) is 0 Å². The molecule has 0 bridgehead atoms. The van der Waals surface area contributed by atoms with Gasteiger partial charge in [-0.1, -0.05) is 0 Å². The lowest BCUT2D eigenvalue weighted by molar-refractivity contribution is -0.126. The number of halogens is 3. The van der Waals surface area contributed by atoms with E-state index in [0.717, 1.165) is 12.8 Å². The summed E-state index contributed by atoms with van der Waals surface area (Å²) in [4.78, 5) is 26.5. The third kappa shape index (κ3) is 5.16. The fraction of sp³-hybridized carbons (Fsp3) is 0.500. The number of benzene rings is 1. The minimum atomic E-state index is -0.499. The van der Waals surface area contributed by atoms with E-state index in [0.29, 0.717) is 36.9 Å². The Bertz CT molecular complexity index is 588. The normalized spacial score (nSPS) is 17.1. The Morgan fingerprint density at radius 3 is 2.79 bits per heavy atom. The van der Waals surface area contributed by atoms with E-state index in [1.165, 1.54) is 12.1 Å². The maximum absolute atomic E-state index is 13.7. The van der Waals surface area contributed by atoms with Crippen LogP contribution in [0.3, 0.4) is 0 Å². The molecule has 1 unspecified atom stereocenters.